The number of aryl methyl sites for hydroxylation is 1. The van der Waals surface area contributed by atoms with E-state index >= 15 is 0 Å². The van der Waals surface area contributed by atoms with E-state index in [-0.39, 0.29) is 18.3 Å². The smallest absolute Gasteiger partial charge is 0.256 e. The molecule has 0 bridgehead atoms. The molecule has 0 aliphatic rings. The summed E-state index contributed by atoms with van der Waals surface area (Å²) in [6.45, 7) is 1.47. The molecule has 144 valence electrons. The maximum atomic E-state index is 12.6. The first-order valence-corrected chi connectivity index (χ1v) is 10.9. The molecule has 1 amide bonds. The zero-order valence-corrected chi connectivity index (χ0v) is 16.9. The van der Waals surface area contributed by atoms with Crippen molar-refractivity contribution in [3.05, 3.63) is 83.2 Å². The van der Waals surface area contributed by atoms with Crippen LogP contribution in [0.5, 0.6) is 5.75 Å². The lowest BCUT2D eigenvalue weighted by molar-refractivity contribution is 0.102. The number of pyridine rings is 1. The highest BCUT2D eigenvalue weighted by Gasteiger charge is 2.13. The van der Waals surface area contributed by atoms with E-state index in [0.29, 0.717) is 22.6 Å². The molecule has 2 aromatic carbocycles. The number of rotatable bonds is 7. The Labute approximate surface area is 171 Å². The predicted molar refractivity (Wildman–Crippen MR) is 115 cm³/mol. The van der Waals surface area contributed by atoms with Gasteiger partial charge < -0.3 is 15.5 Å². The Balaban J connectivity index is 1.67. The minimum atomic E-state index is -0.234. The van der Waals surface area contributed by atoms with Crippen molar-refractivity contribution in [3.63, 3.8) is 0 Å². The monoisotopic (exact) mass is 412 g/mol. The number of nitrogens with zero attached hydrogens (tertiary/aromatic N) is 1. The first-order chi connectivity index (χ1) is 13.6. The Bertz CT molecular complexity index is 965. The summed E-state index contributed by atoms with van der Waals surface area (Å²) in [4.78, 5) is 17.8. The van der Waals surface area contributed by atoms with E-state index in [1.807, 2.05) is 48.5 Å². The van der Waals surface area contributed by atoms with Gasteiger partial charge in [-0.1, -0.05) is 51.9 Å². The molecule has 7 heteroatoms. The molecule has 1 heterocycles. The molecule has 0 fully saturated rings. The highest BCUT2D eigenvalue weighted by atomic mass is 33.1. The van der Waals surface area contributed by atoms with E-state index in [1.165, 1.54) is 10.8 Å². The molecule has 0 atom stereocenters. The van der Waals surface area contributed by atoms with Crippen molar-refractivity contribution in [2.45, 2.75) is 24.2 Å². The van der Waals surface area contributed by atoms with Crippen LogP contribution in [0.25, 0.3) is 0 Å². The van der Waals surface area contributed by atoms with Crippen LogP contribution in [0.1, 0.15) is 27.3 Å². The lowest BCUT2D eigenvalue weighted by Gasteiger charge is -2.10. The number of anilines is 1. The fraction of sp³-hybridized carbons (Fsp3) is 0.143. The van der Waals surface area contributed by atoms with E-state index in [1.54, 1.807) is 29.9 Å². The fourth-order valence-corrected chi connectivity index (χ4v) is 4.79. The molecular formula is C21H20N2O3S2. The first-order valence-electron chi connectivity index (χ1n) is 8.62. The number of aromatic hydroxyl groups is 1. The number of benzene rings is 2. The summed E-state index contributed by atoms with van der Waals surface area (Å²) in [5.41, 5.74) is 3.09. The normalized spacial score (nSPS) is 10.6. The van der Waals surface area contributed by atoms with Gasteiger partial charge in [0.15, 0.2) is 0 Å². The van der Waals surface area contributed by atoms with Crippen LogP contribution in [0.2, 0.25) is 0 Å². The lowest BCUT2D eigenvalue weighted by atomic mass is 10.2. The van der Waals surface area contributed by atoms with E-state index in [2.05, 4.69) is 10.3 Å². The van der Waals surface area contributed by atoms with E-state index in [4.69, 9.17) is 0 Å². The highest BCUT2D eigenvalue weighted by Crippen LogP contribution is 2.36. The van der Waals surface area contributed by atoms with Gasteiger partial charge in [-0.05, 0) is 37.3 Å². The molecule has 0 saturated heterocycles. The minimum absolute atomic E-state index is 0.0341. The maximum Gasteiger partial charge on any atom is 0.256 e. The van der Waals surface area contributed by atoms with Crippen LogP contribution >= 0.6 is 21.6 Å². The SMILES string of the molecule is Cc1nc(CSSc2ccccc2C(=O)Nc2ccccc2)cc(CO)c1O. The van der Waals surface area contributed by atoms with Crippen LogP contribution in [0.3, 0.4) is 0 Å². The van der Waals surface area contributed by atoms with Crippen LogP contribution in [0.4, 0.5) is 5.69 Å². The number of nitrogens with one attached hydrogen (secondary N) is 1. The topological polar surface area (TPSA) is 82.5 Å². The molecule has 1 aromatic heterocycles. The van der Waals surface area contributed by atoms with Gasteiger partial charge in [-0.3, -0.25) is 9.78 Å². The molecule has 0 aliphatic carbocycles. The second kappa shape index (κ2) is 9.64. The van der Waals surface area contributed by atoms with Gasteiger partial charge in [0.1, 0.15) is 5.75 Å². The van der Waals surface area contributed by atoms with Gasteiger partial charge in [0, 0.05) is 21.9 Å². The summed E-state index contributed by atoms with van der Waals surface area (Å²) in [6, 6.07) is 18.5. The number of aliphatic hydroxyl groups excluding tert-OH is 1. The second-order valence-electron chi connectivity index (χ2n) is 6.03. The van der Waals surface area contributed by atoms with Gasteiger partial charge in [-0.25, -0.2) is 0 Å². The molecule has 0 unspecified atom stereocenters. The van der Waals surface area contributed by atoms with Gasteiger partial charge >= 0.3 is 0 Å². The summed E-state index contributed by atoms with van der Waals surface area (Å²) < 4.78 is 0. The number of aromatic nitrogens is 1. The van der Waals surface area contributed by atoms with E-state index < -0.39 is 0 Å². The largest absolute Gasteiger partial charge is 0.506 e. The summed E-state index contributed by atoms with van der Waals surface area (Å²) in [5.74, 6) is 0.454. The number of hydrogen-bond acceptors (Lipinski definition) is 6. The maximum absolute atomic E-state index is 12.6. The third-order valence-electron chi connectivity index (χ3n) is 3.99. The predicted octanol–water partition coefficient (Wildman–Crippen LogP) is 4.78. The standard InChI is InChI=1S/C21H20N2O3S2/c1-14-20(25)15(12-24)11-17(22-14)13-27-28-19-10-6-5-9-18(19)21(26)23-16-7-3-2-4-8-16/h2-11,24-25H,12-13H2,1H3,(H,23,26). The number of carbonyl (C=O) groups excluding carboxylic acids is 1. The summed E-state index contributed by atoms with van der Waals surface area (Å²) in [7, 11) is 3.04. The Morgan fingerprint density at radius 3 is 2.57 bits per heavy atom. The van der Waals surface area contributed by atoms with E-state index in [9.17, 15) is 15.0 Å². The zero-order chi connectivity index (χ0) is 19.9. The molecule has 0 spiro atoms. The molecule has 3 rings (SSSR count). The molecule has 0 aliphatic heterocycles. The minimum Gasteiger partial charge on any atom is -0.506 e. The summed E-state index contributed by atoms with van der Waals surface area (Å²) in [6.07, 6.45) is 0. The molecule has 3 N–H and O–H groups in total. The lowest BCUT2D eigenvalue weighted by Crippen LogP contribution is -2.12. The molecule has 28 heavy (non-hydrogen) atoms. The van der Waals surface area contributed by atoms with Crippen molar-refractivity contribution in [2.75, 3.05) is 5.32 Å². The first kappa shape index (κ1) is 20.3. The quantitative estimate of drug-likeness (QED) is 0.485. The Hall–Kier alpha value is -2.48. The van der Waals surface area contributed by atoms with Crippen LogP contribution in [0.15, 0.2) is 65.6 Å². The van der Waals surface area contributed by atoms with Gasteiger partial charge in [0.2, 0.25) is 0 Å². The van der Waals surface area contributed by atoms with Gasteiger partial charge in [0.05, 0.1) is 23.6 Å². The Morgan fingerprint density at radius 2 is 1.82 bits per heavy atom. The van der Waals surface area contributed by atoms with E-state index in [0.717, 1.165) is 16.3 Å². The van der Waals surface area contributed by atoms with Crippen molar-refractivity contribution in [1.82, 2.24) is 4.98 Å². The Kier molecular flexibility index (Phi) is 6.97. The van der Waals surface area contributed by atoms with Gasteiger partial charge in [-0.15, -0.1) is 0 Å². The van der Waals surface area contributed by atoms with Crippen LogP contribution in [-0.4, -0.2) is 21.1 Å². The van der Waals surface area contributed by atoms with Gasteiger partial charge in [0.25, 0.3) is 5.91 Å². The Morgan fingerprint density at radius 1 is 1.11 bits per heavy atom. The summed E-state index contributed by atoms with van der Waals surface area (Å²) >= 11 is 0. The summed E-state index contributed by atoms with van der Waals surface area (Å²) in [5, 5.41) is 22.1. The molecular weight excluding hydrogens is 392 g/mol. The number of hydrogen-bond donors (Lipinski definition) is 3. The molecule has 0 saturated carbocycles. The molecule has 0 radical (unpaired) electrons. The third kappa shape index (κ3) is 5.07. The van der Waals surface area contributed by atoms with Crippen molar-refractivity contribution >= 4 is 33.2 Å². The number of para-hydroxylation sites is 1. The van der Waals surface area contributed by atoms with Crippen molar-refractivity contribution in [1.29, 1.82) is 0 Å². The van der Waals surface area contributed by atoms with Crippen LogP contribution < -0.4 is 5.32 Å². The second-order valence-corrected chi connectivity index (χ2v) is 8.36. The number of amides is 1. The molecule has 3 aromatic rings. The zero-order valence-electron chi connectivity index (χ0n) is 15.3. The van der Waals surface area contributed by atoms with Crippen molar-refractivity contribution in [3.8, 4) is 5.75 Å². The highest BCUT2D eigenvalue weighted by molar-refractivity contribution is 8.76. The van der Waals surface area contributed by atoms with Crippen LogP contribution in [-0.2, 0) is 12.4 Å². The van der Waals surface area contributed by atoms with Crippen molar-refractivity contribution < 1.29 is 15.0 Å². The fourth-order valence-electron chi connectivity index (χ4n) is 2.60. The average molecular weight is 413 g/mol. The van der Waals surface area contributed by atoms with Crippen molar-refractivity contribution in [2.24, 2.45) is 0 Å². The number of carbonyl (C=O) groups is 1. The third-order valence-corrected chi connectivity index (χ3v) is 6.30. The molecule has 5 nitrogen and oxygen atoms in total. The average Bonchev–Trinajstić information content (AvgIpc) is 2.71. The van der Waals surface area contributed by atoms with Gasteiger partial charge in [-0.2, -0.15) is 0 Å². The number of aliphatic hydroxyl groups is 1. The van der Waals surface area contributed by atoms with Crippen LogP contribution in [0, 0.1) is 6.92 Å².